The molecule has 106 valence electrons. The summed E-state index contributed by atoms with van der Waals surface area (Å²) < 4.78 is 0. The van der Waals surface area contributed by atoms with E-state index in [0.717, 1.165) is 23.4 Å². The fourth-order valence-electron chi connectivity index (χ4n) is 1.89. The summed E-state index contributed by atoms with van der Waals surface area (Å²) in [6, 6.07) is 7.40. The first kappa shape index (κ1) is 14.5. The number of aromatic nitrogens is 1. The van der Waals surface area contributed by atoms with Crippen molar-refractivity contribution in [3.8, 4) is 11.3 Å². The zero-order valence-corrected chi connectivity index (χ0v) is 12.3. The second kappa shape index (κ2) is 6.49. The highest BCUT2D eigenvalue weighted by molar-refractivity contribution is 7.13. The number of nitrogens with two attached hydrogens (primary N) is 1. The highest BCUT2D eigenvalue weighted by Gasteiger charge is 2.13. The topological polar surface area (TPSA) is 80.0 Å². The van der Waals surface area contributed by atoms with Gasteiger partial charge in [0.25, 0.3) is 0 Å². The summed E-state index contributed by atoms with van der Waals surface area (Å²) in [6.45, 7) is 1.97. The van der Waals surface area contributed by atoms with Crippen LogP contribution in [0.15, 0.2) is 29.6 Å². The molecular weight excluding hydrogens is 272 g/mol. The molecule has 2 rings (SSSR count). The number of nitrogen functional groups attached to an aromatic ring is 1. The molecule has 1 aromatic heterocycles. The molecule has 0 spiro atoms. The van der Waals surface area contributed by atoms with E-state index >= 15 is 0 Å². The molecule has 1 amide bonds. The van der Waals surface area contributed by atoms with E-state index < -0.39 is 0 Å². The Morgan fingerprint density at radius 3 is 2.60 bits per heavy atom. The fraction of sp³-hybridized carbons (Fsp3) is 0.286. The lowest BCUT2D eigenvalue weighted by Crippen LogP contribution is -2.37. The molecule has 0 bridgehead atoms. The van der Waals surface area contributed by atoms with Crippen molar-refractivity contribution in [2.45, 2.75) is 19.4 Å². The number of likely N-dealkylation sites (N-methyl/N-ethyl adjacent to an activating group) is 1. The lowest BCUT2D eigenvalue weighted by Gasteiger charge is -2.13. The molecule has 1 aromatic carbocycles. The van der Waals surface area contributed by atoms with Gasteiger partial charge in [-0.15, -0.1) is 11.3 Å². The molecule has 2 aromatic rings. The summed E-state index contributed by atoms with van der Waals surface area (Å²) in [5, 5.41) is 8.33. The lowest BCUT2D eigenvalue weighted by atomic mass is 10.1. The second-order valence-corrected chi connectivity index (χ2v) is 5.28. The summed E-state index contributed by atoms with van der Waals surface area (Å²) >= 11 is 1.41. The van der Waals surface area contributed by atoms with E-state index in [4.69, 9.17) is 5.73 Å². The van der Waals surface area contributed by atoms with E-state index in [1.54, 1.807) is 7.05 Å². The number of nitrogens with one attached hydrogen (secondary N) is 2. The average Bonchev–Trinajstić information content (AvgIpc) is 2.87. The third kappa shape index (κ3) is 3.34. The second-order valence-electron chi connectivity index (χ2n) is 4.39. The number of hydrogen-bond donors (Lipinski definition) is 3. The summed E-state index contributed by atoms with van der Waals surface area (Å²) in [7, 11) is 1.78. The van der Waals surface area contributed by atoms with Crippen molar-refractivity contribution in [1.29, 1.82) is 0 Å². The van der Waals surface area contributed by atoms with E-state index in [9.17, 15) is 4.79 Å². The molecule has 1 atom stereocenters. The van der Waals surface area contributed by atoms with Gasteiger partial charge >= 0.3 is 0 Å². The molecule has 5 nitrogen and oxygen atoms in total. The van der Waals surface area contributed by atoms with Gasteiger partial charge in [-0.1, -0.05) is 19.1 Å². The van der Waals surface area contributed by atoms with Crippen LogP contribution >= 0.6 is 11.3 Å². The van der Waals surface area contributed by atoms with Crippen LogP contribution in [-0.2, 0) is 4.79 Å². The molecule has 20 heavy (non-hydrogen) atoms. The zero-order chi connectivity index (χ0) is 14.5. The maximum Gasteiger partial charge on any atom is 0.241 e. The predicted molar refractivity (Wildman–Crippen MR) is 83.7 cm³/mol. The van der Waals surface area contributed by atoms with Gasteiger partial charge in [0.1, 0.15) is 0 Å². The van der Waals surface area contributed by atoms with Crippen molar-refractivity contribution in [3.63, 3.8) is 0 Å². The largest absolute Gasteiger partial charge is 0.375 e. The standard InChI is InChI=1S/C14H18N4OS/c1-3-11(16-2)13(19)17-10-6-4-9(5-7-10)12-8-20-14(15)18-12/h4-8,11,16H,3H2,1-2H3,(H2,15,18)(H,17,19). The number of hydrogen-bond acceptors (Lipinski definition) is 5. The lowest BCUT2D eigenvalue weighted by molar-refractivity contribution is -0.118. The van der Waals surface area contributed by atoms with Crippen LogP contribution in [-0.4, -0.2) is 24.0 Å². The maximum atomic E-state index is 11.9. The van der Waals surface area contributed by atoms with Crippen LogP contribution < -0.4 is 16.4 Å². The van der Waals surface area contributed by atoms with Crippen molar-refractivity contribution < 1.29 is 4.79 Å². The SMILES string of the molecule is CCC(NC)C(=O)Nc1ccc(-c2csc(N)n2)cc1. The van der Waals surface area contributed by atoms with E-state index in [2.05, 4.69) is 15.6 Å². The van der Waals surface area contributed by atoms with Gasteiger partial charge in [0.2, 0.25) is 5.91 Å². The molecule has 0 saturated heterocycles. The minimum atomic E-state index is -0.173. The van der Waals surface area contributed by atoms with Gasteiger partial charge in [0, 0.05) is 16.6 Å². The molecular formula is C14H18N4OS. The van der Waals surface area contributed by atoms with E-state index in [-0.39, 0.29) is 11.9 Å². The molecule has 4 N–H and O–H groups in total. The number of thiazole rings is 1. The number of nitrogens with zero attached hydrogens (tertiary/aromatic N) is 1. The Hall–Kier alpha value is -1.92. The zero-order valence-electron chi connectivity index (χ0n) is 11.5. The third-order valence-corrected chi connectivity index (χ3v) is 3.72. The van der Waals surface area contributed by atoms with Crippen molar-refractivity contribution in [2.75, 3.05) is 18.1 Å². The van der Waals surface area contributed by atoms with E-state index in [1.807, 2.05) is 36.6 Å². The van der Waals surface area contributed by atoms with Gasteiger partial charge in [-0.25, -0.2) is 4.98 Å². The molecule has 1 heterocycles. The van der Waals surface area contributed by atoms with E-state index in [1.165, 1.54) is 11.3 Å². The Labute approximate surface area is 122 Å². The van der Waals surface area contributed by atoms with Gasteiger partial charge in [-0.05, 0) is 25.6 Å². The van der Waals surface area contributed by atoms with Crippen LogP contribution in [0.5, 0.6) is 0 Å². The predicted octanol–water partition coefficient (Wildman–Crippen LogP) is 2.33. The number of anilines is 2. The van der Waals surface area contributed by atoms with Crippen LogP contribution in [0.1, 0.15) is 13.3 Å². The Kier molecular flexibility index (Phi) is 4.70. The van der Waals surface area contributed by atoms with Crippen LogP contribution in [0.3, 0.4) is 0 Å². The van der Waals surface area contributed by atoms with Crippen LogP contribution in [0.25, 0.3) is 11.3 Å². The van der Waals surface area contributed by atoms with Crippen molar-refractivity contribution >= 4 is 28.1 Å². The van der Waals surface area contributed by atoms with Gasteiger partial charge in [0.15, 0.2) is 5.13 Å². The fourth-order valence-corrected chi connectivity index (χ4v) is 2.47. The quantitative estimate of drug-likeness (QED) is 0.789. The molecule has 0 radical (unpaired) electrons. The molecule has 0 fully saturated rings. The smallest absolute Gasteiger partial charge is 0.241 e. The van der Waals surface area contributed by atoms with Crippen molar-refractivity contribution in [1.82, 2.24) is 10.3 Å². The van der Waals surface area contributed by atoms with Gasteiger partial charge in [0.05, 0.1) is 11.7 Å². The summed E-state index contributed by atoms with van der Waals surface area (Å²) in [5.41, 5.74) is 8.23. The number of benzene rings is 1. The highest BCUT2D eigenvalue weighted by atomic mass is 32.1. The summed E-state index contributed by atoms with van der Waals surface area (Å²) in [4.78, 5) is 16.2. The van der Waals surface area contributed by atoms with E-state index in [0.29, 0.717) is 5.13 Å². The van der Waals surface area contributed by atoms with Crippen LogP contribution in [0.2, 0.25) is 0 Å². The van der Waals surface area contributed by atoms with Crippen molar-refractivity contribution in [3.05, 3.63) is 29.6 Å². The van der Waals surface area contributed by atoms with Crippen LogP contribution in [0, 0.1) is 0 Å². The third-order valence-electron chi connectivity index (χ3n) is 3.04. The Morgan fingerprint density at radius 1 is 1.40 bits per heavy atom. The molecule has 0 saturated carbocycles. The Morgan fingerprint density at radius 2 is 2.10 bits per heavy atom. The van der Waals surface area contributed by atoms with Gasteiger partial charge in [-0.3, -0.25) is 4.79 Å². The summed E-state index contributed by atoms with van der Waals surface area (Å²) in [6.07, 6.45) is 0.749. The van der Waals surface area contributed by atoms with Crippen molar-refractivity contribution in [2.24, 2.45) is 0 Å². The minimum Gasteiger partial charge on any atom is -0.375 e. The van der Waals surface area contributed by atoms with Gasteiger partial charge < -0.3 is 16.4 Å². The first-order chi connectivity index (χ1) is 9.63. The minimum absolute atomic E-state index is 0.0272. The molecule has 1 unspecified atom stereocenters. The number of rotatable bonds is 5. The normalized spacial score (nSPS) is 12.1. The average molecular weight is 290 g/mol. The number of carbonyl (C=O) groups excluding carboxylic acids is 1. The van der Waals surface area contributed by atoms with Gasteiger partial charge in [-0.2, -0.15) is 0 Å². The Balaban J connectivity index is 2.07. The number of amides is 1. The molecule has 0 aliphatic carbocycles. The molecule has 0 aliphatic rings. The monoisotopic (exact) mass is 290 g/mol. The maximum absolute atomic E-state index is 11.9. The van der Waals surface area contributed by atoms with Crippen LogP contribution in [0.4, 0.5) is 10.8 Å². The number of carbonyl (C=O) groups is 1. The highest BCUT2D eigenvalue weighted by Crippen LogP contribution is 2.24. The first-order valence-corrected chi connectivity index (χ1v) is 7.31. The Bertz CT molecular complexity index is 575. The summed E-state index contributed by atoms with van der Waals surface area (Å²) in [5.74, 6) is -0.0272. The molecule has 0 aliphatic heterocycles. The molecule has 6 heteroatoms. The first-order valence-electron chi connectivity index (χ1n) is 6.43.